The van der Waals surface area contributed by atoms with E-state index in [1.807, 2.05) is 6.07 Å². The SMILES string of the molecule is Nc1cc(Br)cc(-c2nnnn2-c2ccc(Cl)c(Cl)c2)c1. The summed E-state index contributed by atoms with van der Waals surface area (Å²) in [6, 6.07) is 10.7. The molecule has 0 saturated heterocycles. The number of halogens is 3. The predicted octanol–water partition coefficient (Wildman–Crippen LogP) is 3.98. The summed E-state index contributed by atoms with van der Waals surface area (Å²) in [6.45, 7) is 0. The molecular formula is C13H8BrCl2N5. The molecule has 0 radical (unpaired) electrons. The number of rotatable bonds is 2. The molecule has 2 aromatic carbocycles. The topological polar surface area (TPSA) is 69.6 Å². The molecular weight excluding hydrogens is 377 g/mol. The summed E-state index contributed by atoms with van der Waals surface area (Å²) in [5, 5.41) is 12.7. The molecule has 1 aromatic heterocycles. The van der Waals surface area contributed by atoms with E-state index < -0.39 is 0 Å². The molecule has 0 atom stereocenters. The summed E-state index contributed by atoms with van der Waals surface area (Å²) in [5.41, 5.74) is 7.97. The average Bonchev–Trinajstić information content (AvgIpc) is 2.90. The fourth-order valence-corrected chi connectivity index (χ4v) is 2.70. The highest BCUT2D eigenvalue weighted by Crippen LogP contribution is 2.28. The van der Waals surface area contributed by atoms with Gasteiger partial charge in [0, 0.05) is 15.7 Å². The third-order valence-electron chi connectivity index (χ3n) is 2.80. The highest BCUT2D eigenvalue weighted by atomic mass is 79.9. The maximum atomic E-state index is 6.04. The van der Waals surface area contributed by atoms with Crippen LogP contribution in [0.25, 0.3) is 17.1 Å². The van der Waals surface area contributed by atoms with Crippen molar-refractivity contribution < 1.29 is 0 Å². The molecule has 5 nitrogen and oxygen atoms in total. The summed E-state index contributed by atoms with van der Waals surface area (Å²) in [5.74, 6) is 0.557. The van der Waals surface area contributed by atoms with Gasteiger partial charge in [0.2, 0.25) is 0 Å². The molecule has 8 heteroatoms. The van der Waals surface area contributed by atoms with Gasteiger partial charge in [0.25, 0.3) is 0 Å². The van der Waals surface area contributed by atoms with Crippen molar-refractivity contribution >= 4 is 44.8 Å². The van der Waals surface area contributed by atoms with Crippen LogP contribution in [0.4, 0.5) is 5.69 Å². The highest BCUT2D eigenvalue weighted by Gasteiger charge is 2.13. The molecule has 0 fully saturated rings. The van der Waals surface area contributed by atoms with Crippen molar-refractivity contribution in [3.05, 3.63) is 50.9 Å². The molecule has 0 spiro atoms. The van der Waals surface area contributed by atoms with Crippen LogP contribution in [-0.2, 0) is 0 Å². The number of tetrazole rings is 1. The summed E-state index contributed by atoms with van der Waals surface area (Å²) in [7, 11) is 0. The van der Waals surface area contributed by atoms with Gasteiger partial charge in [0.05, 0.1) is 15.7 Å². The molecule has 0 amide bonds. The Bertz CT molecular complexity index is 798. The van der Waals surface area contributed by atoms with Crippen LogP contribution in [0.15, 0.2) is 40.9 Å². The van der Waals surface area contributed by atoms with E-state index in [1.165, 1.54) is 0 Å². The van der Waals surface area contributed by atoms with Crippen LogP contribution in [0.1, 0.15) is 0 Å². The minimum atomic E-state index is 0.435. The van der Waals surface area contributed by atoms with E-state index in [-0.39, 0.29) is 0 Å². The molecule has 3 rings (SSSR count). The zero-order chi connectivity index (χ0) is 15.0. The van der Waals surface area contributed by atoms with Crippen molar-refractivity contribution in [2.24, 2.45) is 0 Å². The molecule has 0 aliphatic rings. The first-order chi connectivity index (χ1) is 10.0. The number of benzene rings is 2. The van der Waals surface area contributed by atoms with Crippen LogP contribution in [0.5, 0.6) is 0 Å². The number of hydrogen-bond acceptors (Lipinski definition) is 4. The van der Waals surface area contributed by atoms with Crippen LogP contribution >= 0.6 is 39.1 Å². The van der Waals surface area contributed by atoms with Gasteiger partial charge in [-0.25, -0.2) is 0 Å². The van der Waals surface area contributed by atoms with E-state index in [2.05, 4.69) is 31.5 Å². The van der Waals surface area contributed by atoms with Crippen LogP contribution in [-0.4, -0.2) is 20.2 Å². The van der Waals surface area contributed by atoms with Crippen LogP contribution < -0.4 is 5.73 Å². The van der Waals surface area contributed by atoms with E-state index in [0.29, 0.717) is 27.2 Å². The van der Waals surface area contributed by atoms with Crippen molar-refractivity contribution in [2.75, 3.05) is 5.73 Å². The van der Waals surface area contributed by atoms with Gasteiger partial charge in [-0.1, -0.05) is 39.1 Å². The van der Waals surface area contributed by atoms with E-state index in [4.69, 9.17) is 28.9 Å². The molecule has 0 aliphatic heterocycles. The second-order valence-corrected chi connectivity index (χ2v) is 6.02. The lowest BCUT2D eigenvalue weighted by molar-refractivity contribution is 0.791. The van der Waals surface area contributed by atoms with Crippen molar-refractivity contribution in [3.8, 4) is 17.1 Å². The van der Waals surface area contributed by atoms with Crippen molar-refractivity contribution in [1.82, 2.24) is 20.2 Å². The molecule has 1 heterocycles. The first kappa shape index (κ1) is 14.3. The van der Waals surface area contributed by atoms with Gasteiger partial charge in [0.1, 0.15) is 0 Å². The van der Waals surface area contributed by atoms with Crippen LogP contribution in [0.3, 0.4) is 0 Å². The Morgan fingerprint density at radius 1 is 1.05 bits per heavy atom. The fraction of sp³-hybridized carbons (Fsp3) is 0. The lowest BCUT2D eigenvalue weighted by Crippen LogP contribution is -2.00. The first-order valence-corrected chi connectivity index (χ1v) is 7.40. The Labute approximate surface area is 138 Å². The van der Waals surface area contributed by atoms with Gasteiger partial charge in [0.15, 0.2) is 5.82 Å². The third kappa shape index (κ3) is 2.88. The van der Waals surface area contributed by atoms with Crippen molar-refractivity contribution in [2.45, 2.75) is 0 Å². The molecule has 0 saturated carbocycles. The molecule has 0 aliphatic carbocycles. The van der Waals surface area contributed by atoms with Crippen LogP contribution in [0, 0.1) is 0 Å². The zero-order valence-corrected chi connectivity index (χ0v) is 13.6. The van der Waals surface area contributed by atoms with E-state index in [1.54, 1.807) is 35.0 Å². The summed E-state index contributed by atoms with van der Waals surface area (Å²) < 4.78 is 2.42. The lowest BCUT2D eigenvalue weighted by Gasteiger charge is -2.07. The fourth-order valence-electron chi connectivity index (χ4n) is 1.90. The summed E-state index contributed by atoms with van der Waals surface area (Å²) in [4.78, 5) is 0. The number of nitrogens with two attached hydrogens (primary N) is 1. The van der Waals surface area contributed by atoms with Gasteiger partial charge < -0.3 is 5.73 Å². The minimum Gasteiger partial charge on any atom is -0.399 e. The second-order valence-electron chi connectivity index (χ2n) is 4.29. The maximum absolute atomic E-state index is 6.04. The molecule has 21 heavy (non-hydrogen) atoms. The van der Waals surface area contributed by atoms with Crippen molar-refractivity contribution in [3.63, 3.8) is 0 Å². The van der Waals surface area contributed by atoms with Gasteiger partial charge in [-0.05, 0) is 46.8 Å². The predicted molar refractivity (Wildman–Crippen MR) is 86.7 cm³/mol. The largest absolute Gasteiger partial charge is 0.399 e. The van der Waals surface area contributed by atoms with Crippen LogP contribution in [0.2, 0.25) is 10.0 Å². The Balaban J connectivity index is 2.14. The quantitative estimate of drug-likeness (QED) is 0.678. The van der Waals surface area contributed by atoms with E-state index in [0.717, 1.165) is 10.0 Å². The maximum Gasteiger partial charge on any atom is 0.187 e. The second kappa shape index (κ2) is 5.63. The summed E-state index contributed by atoms with van der Waals surface area (Å²) >= 11 is 15.4. The standard InChI is InChI=1S/C13H8BrCl2N5/c14-8-3-7(4-9(17)5-8)13-18-19-20-21(13)10-1-2-11(15)12(16)6-10/h1-6H,17H2. The third-order valence-corrected chi connectivity index (χ3v) is 3.99. The van der Waals surface area contributed by atoms with E-state index >= 15 is 0 Å². The summed E-state index contributed by atoms with van der Waals surface area (Å²) in [6.07, 6.45) is 0. The Kier molecular flexibility index (Phi) is 3.84. The minimum absolute atomic E-state index is 0.435. The Morgan fingerprint density at radius 2 is 1.86 bits per heavy atom. The Morgan fingerprint density at radius 3 is 2.57 bits per heavy atom. The molecule has 2 N–H and O–H groups in total. The van der Waals surface area contributed by atoms with Gasteiger partial charge >= 0.3 is 0 Å². The number of hydrogen-bond donors (Lipinski definition) is 1. The molecule has 3 aromatic rings. The normalized spacial score (nSPS) is 10.8. The number of nitrogens with zero attached hydrogens (tertiary/aromatic N) is 4. The first-order valence-electron chi connectivity index (χ1n) is 5.85. The average molecular weight is 385 g/mol. The molecule has 0 unspecified atom stereocenters. The van der Waals surface area contributed by atoms with Gasteiger partial charge in [-0.2, -0.15) is 4.68 Å². The lowest BCUT2D eigenvalue weighted by atomic mass is 10.2. The molecule has 106 valence electrons. The molecule has 0 bridgehead atoms. The number of anilines is 1. The monoisotopic (exact) mass is 383 g/mol. The van der Waals surface area contributed by atoms with Crippen molar-refractivity contribution in [1.29, 1.82) is 0 Å². The van der Waals surface area contributed by atoms with Gasteiger partial charge in [-0.15, -0.1) is 5.10 Å². The Hall–Kier alpha value is -1.63. The smallest absolute Gasteiger partial charge is 0.187 e. The zero-order valence-electron chi connectivity index (χ0n) is 10.5. The highest BCUT2D eigenvalue weighted by molar-refractivity contribution is 9.10. The number of nitrogen functional groups attached to an aromatic ring is 1. The van der Waals surface area contributed by atoms with Gasteiger partial charge in [-0.3, -0.25) is 0 Å². The van der Waals surface area contributed by atoms with E-state index in [9.17, 15) is 0 Å². The number of aromatic nitrogens is 4.